The van der Waals surface area contributed by atoms with Crippen LogP contribution in [-0.4, -0.2) is 38.8 Å². The normalized spacial score (nSPS) is 17.5. The Morgan fingerprint density at radius 1 is 1.32 bits per heavy atom. The Labute approximate surface area is 129 Å². The molecule has 0 bridgehead atoms. The third-order valence-corrected chi connectivity index (χ3v) is 3.97. The van der Waals surface area contributed by atoms with E-state index in [1.807, 2.05) is 30.0 Å². The number of hydrogen-bond donors (Lipinski definition) is 1. The Bertz CT molecular complexity index is 688. The SMILES string of the molecule is CC(=O)N1CCC(c2ccnc(Nc3ncccc3C)n2)C1. The molecule has 114 valence electrons. The van der Waals surface area contributed by atoms with Crippen LogP contribution in [0.3, 0.4) is 0 Å². The highest BCUT2D eigenvalue weighted by Gasteiger charge is 2.26. The molecule has 2 aromatic heterocycles. The van der Waals surface area contributed by atoms with E-state index in [-0.39, 0.29) is 11.8 Å². The Morgan fingerprint density at radius 3 is 2.91 bits per heavy atom. The minimum Gasteiger partial charge on any atom is -0.342 e. The van der Waals surface area contributed by atoms with E-state index in [1.165, 1.54) is 0 Å². The van der Waals surface area contributed by atoms with Crippen molar-refractivity contribution >= 4 is 17.7 Å². The van der Waals surface area contributed by atoms with Crippen LogP contribution in [0.5, 0.6) is 0 Å². The standard InChI is InChI=1S/C16H19N5O/c1-11-4-3-7-17-15(11)20-16-18-8-5-14(19-16)13-6-9-21(10-13)12(2)22/h3-5,7-8,13H,6,9-10H2,1-2H3,(H,17,18,19,20). The summed E-state index contributed by atoms with van der Waals surface area (Å²) in [6.07, 6.45) is 4.43. The molecule has 1 amide bonds. The number of amides is 1. The second kappa shape index (κ2) is 6.09. The van der Waals surface area contributed by atoms with Gasteiger partial charge >= 0.3 is 0 Å². The summed E-state index contributed by atoms with van der Waals surface area (Å²) in [7, 11) is 0. The second-order valence-corrected chi connectivity index (χ2v) is 5.55. The molecule has 3 rings (SSSR count). The number of anilines is 2. The van der Waals surface area contributed by atoms with Crippen LogP contribution in [0.4, 0.5) is 11.8 Å². The topological polar surface area (TPSA) is 71.0 Å². The lowest BCUT2D eigenvalue weighted by Crippen LogP contribution is -2.25. The molecule has 3 heterocycles. The van der Waals surface area contributed by atoms with Crippen LogP contribution in [0.2, 0.25) is 0 Å². The van der Waals surface area contributed by atoms with Crippen LogP contribution in [0.25, 0.3) is 0 Å². The van der Waals surface area contributed by atoms with E-state index < -0.39 is 0 Å². The molecule has 22 heavy (non-hydrogen) atoms. The Kier molecular flexibility index (Phi) is 4.00. The minimum absolute atomic E-state index is 0.124. The van der Waals surface area contributed by atoms with Crippen molar-refractivity contribution < 1.29 is 4.79 Å². The van der Waals surface area contributed by atoms with Crippen molar-refractivity contribution in [1.29, 1.82) is 0 Å². The van der Waals surface area contributed by atoms with Crippen molar-refractivity contribution in [2.24, 2.45) is 0 Å². The summed E-state index contributed by atoms with van der Waals surface area (Å²) < 4.78 is 0. The van der Waals surface area contributed by atoms with Gasteiger partial charge in [-0.2, -0.15) is 0 Å². The van der Waals surface area contributed by atoms with Gasteiger partial charge in [0.2, 0.25) is 11.9 Å². The first-order valence-electron chi connectivity index (χ1n) is 7.40. The van der Waals surface area contributed by atoms with Gasteiger partial charge in [-0.05, 0) is 31.0 Å². The average Bonchev–Trinajstić information content (AvgIpc) is 3.00. The predicted octanol–water partition coefficient (Wildman–Crippen LogP) is 2.26. The molecule has 1 saturated heterocycles. The lowest BCUT2D eigenvalue weighted by Gasteiger charge is -2.14. The van der Waals surface area contributed by atoms with Gasteiger partial charge in [0.15, 0.2) is 0 Å². The molecule has 0 radical (unpaired) electrons. The van der Waals surface area contributed by atoms with E-state index in [1.54, 1.807) is 19.3 Å². The van der Waals surface area contributed by atoms with Gasteiger partial charge in [-0.1, -0.05) is 6.07 Å². The third-order valence-electron chi connectivity index (χ3n) is 3.97. The Hall–Kier alpha value is -2.50. The van der Waals surface area contributed by atoms with Gasteiger partial charge in [-0.3, -0.25) is 4.79 Å². The molecular weight excluding hydrogens is 278 g/mol. The third kappa shape index (κ3) is 3.05. The number of hydrogen-bond acceptors (Lipinski definition) is 5. The highest BCUT2D eigenvalue weighted by atomic mass is 16.2. The van der Waals surface area contributed by atoms with Crippen LogP contribution >= 0.6 is 0 Å². The molecule has 1 N–H and O–H groups in total. The van der Waals surface area contributed by atoms with E-state index in [0.29, 0.717) is 5.95 Å². The summed E-state index contributed by atoms with van der Waals surface area (Å²) in [6, 6.07) is 5.80. The van der Waals surface area contributed by atoms with Crippen LogP contribution in [-0.2, 0) is 4.79 Å². The Morgan fingerprint density at radius 2 is 2.18 bits per heavy atom. The van der Waals surface area contributed by atoms with Crippen LogP contribution in [0.15, 0.2) is 30.6 Å². The van der Waals surface area contributed by atoms with Crippen molar-refractivity contribution in [1.82, 2.24) is 19.9 Å². The molecule has 6 heteroatoms. The quantitative estimate of drug-likeness (QED) is 0.941. The molecule has 6 nitrogen and oxygen atoms in total. The van der Waals surface area contributed by atoms with Gasteiger partial charge in [0.05, 0.1) is 5.69 Å². The van der Waals surface area contributed by atoms with Crippen molar-refractivity contribution in [3.63, 3.8) is 0 Å². The number of nitrogens with zero attached hydrogens (tertiary/aromatic N) is 4. The first-order valence-corrected chi connectivity index (χ1v) is 7.40. The molecule has 2 aromatic rings. The molecule has 0 saturated carbocycles. The van der Waals surface area contributed by atoms with E-state index in [9.17, 15) is 4.79 Å². The maximum Gasteiger partial charge on any atom is 0.228 e. The summed E-state index contributed by atoms with van der Waals surface area (Å²) in [6.45, 7) is 5.13. The van der Waals surface area contributed by atoms with E-state index in [2.05, 4.69) is 20.3 Å². The number of carbonyl (C=O) groups is 1. The maximum absolute atomic E-state index is 11.4. The molecule has 1 unspecified atom stereocenters. The zero-order valence-electron chi connectivity index (χ0n) is 12.8. The number of carbonyl (C=O) groups excluding carboxylic acids is 1. The molecule has 1 fully saturated rings. The number of rotatable bonds is 3. The molecule has 0 spiro atoms. The van der Waals surface area contributed by atoms with Crippen molar-refractivity contribution in [2.45, 2.75) is 26.2 Å². The van der Waals surface area contributed by atoms with Gasteiger partial charge < -0.3 is 10.2 Å². The van der Waals surface area contributed by atoms with E-state index in [0.717, 1.165) is 36.6 Å². The highest BCUT2D eigenvalue weighted by Crippen LogP contribution is 2.26. The fraction of sp³-hybridized carbons (Fsp3) is 0.375. The van der Waals surface area contributed by atoms with Gasteiger partial charge in [-0.25, -0.2) is 15.0 Å². The first-order chi connectivity index (χ1) is 10.6. The average molecular weight is 297 g/mol. The fourth-order valence-corrected chi connectivity index (χ4v) is 2.67. The van der Waals surface area contributed by atoms with Gasteiger partial charge in [0, 0.05) is 38.3 Å². The molecule has 1 atom stereocenters. The van der Waals surface area contributed by atoms with Crippen LogP contribution < -0.4 is 5.32 Å². The maximum atomic E-state index is 11.4. The number of nitrogens with one attached hydrogen (secondary N) is 1. The van der Waals surface area contributed by atoms with Crippen molar-refractivity contribution in [3.05, 3.63) is 41.9 Å². The number of aryl methyl sites for hydroxylation is 1. The minimum atomic E-state index is 0.124. The smallest absolute Gasteiger partial charge is 0.228 e. The van der Waals surface area contributed by atoms with E-state index in [4.69, 9.17) is 0 Å². The van der Waals surface area contributed by atoms with Crippen LogP contribution in [0, 0.1) is 6.92 Å². The van der Waals surface area contributed by atoms with Crippen molar-refractivity contribution in [3.8, 4) is 0 Å². The summed E-state index contributed by atoms with van der Waals surface area (Å²) in [5, 5.41) is 3.16. The fourth-order valence-electron chi connectivity index (χ4n) is 2.67. The van der Waals surface area contributed by atoms with Gasteiger partial charge in [0.1, 0.15) is 5.82 Å². The monoisotopic (exact) mass is 297 g/mol. The van der Waals surface area contributed by atoms with E-state index >= 15 is 0 Å². The predicted molar refractivity (Wildman–Crippen MR) is 83.9 cm³/mol. The zero-order chi connectivity index (χ0) is 15.5. The van der Waals surface area contributed by atoms with Gasteiger partial charge in [0.25, 0.3) is 0 Å². The summed E-state index contributed by atoms with van der Waals surface area (Å²) >= 11 is 0. The van der Waals surface area contributed by atoms with Crippen molar-refractivity contribution in [2.75, 3.05) is 18.4 Å². The second-order valence-electron chi connectivity index (χ2n) is 5.55. The molecule has 1 aliphatic heterocycles. The lowest BCUT2D eigenvalue weighted by molar-refractivity contribution is -0.127. The number of pyridine rings is 1. The molecular formula is C16H19N5O. The zero-order valence-corrected chi connectivity index (χ0v) is 12.8. The first kappa shape index (κ1) is 14.4. The van der Waals surface area contributed by atoms with Gasteiger partial charge in [-0.15, -0.1) is 0 Å². The molecule has 0 aromatic carbocycles. The summed E-state index contributed by atoms with van der Waals surface area (Å²) in [4.78, 5) is 26.4. The number of likely N-dealkylation sites (tertiary alicyclic amines) is 1. The molecule has 1 aliphatic rings. The number of aromatic nitrogens is 3. The Balaban J connectivity index is 1.76. The molecule has 0 aliphatic carbocycles. The highest BCUT2D eigenvalue weighted by molar-refractivity contribution is 5.73. The summed E-state index contributed by atoms with van der Waals surface area (Å²) in [5.74, 6) is 1.70. The lowest BCUT2D eigenvalue weighted by atomic mass is 10.1. The largest absolute Gasteiger partial charge is 0.342 e. The van der Waals surface area contributed by atoms with Crippen LogP contribution in [0.1, 0.15) is 30.5 Å². The summed E-state index contributed by atoms with van der Waals surface area (Å²) in [5.41, 5.74) is 2.01.